The Bertz CT molecular complexity index is 1420. The van der Waals surface area contributed by atoms with E-state index in [0.29, 0.717) is 43.1 Å². The fourth-order valence-electron chi connectivity index (χ4n) is 4.26. The number of rotatable bonds is 4. The van der Waals surface area contributed by atoms with Gasteiger partial charge in [0.15, 0.2) is 28.5 Å². The number of aryl methyl sites for hydroxylation is 1. The maximum absolute atomic E-state index is 12.8. The van der Waals surface area contributed by atoms with Crippen molar-refractivity contribution in [3.05, 3.63) is 66.0 Å². The van der Waals surface area contributed by atoms with Crippen LogP contribution in [0.25, 0.3) is 22.9 Å². The summed E-state index contributed by atoms with van der Waals surface area (Å²) >= 11 is 0. The van der Waals surface area contributed by atoms with Crippen LogP contribution in [0, 0.1) is 6.92 Å². The SMILES string of the molecule is Cc1ccc(-n2nnc3c(N4CCN(C(=O)C=Cc5ccc6c(c5)OCO6)CC4)ncnc32)cc1. The Kier molecular flexibility index (Phi) is 5.25. The zero-order valence-corrected chi connectivity index (χ0v) is 19.2. The minimum Gasteiger partial charge on any atom is -0.454 e. The monoisotopic (exact) mass is 469 g/mol. The van der Waals surface area contributed by atoms with Gasteiger partial charge in [-0.15, -0.1) is 5.10 Å². The largest absolute Gasteiger partial charge is 0.454 e. The van der Waals surface area contributed by atoms with E-state index in [1.54, 1.807) is 16.8 Å². The minimum atomic E-state index is -0.0273. The van der Waals surface area contributed by atoms with Gasteiger partial charge in [0.05, 0.1) is 5.69 Å². The van der Waals surface area contributed by atoms with Crippen molar-refractivity contribution in [2.45, 2.75) is 6.92 Å². The maximum Gasteiger partial charge on any atom is 0.246 e. The number of fused-ring (bicyclic) bond motifs is 2. The fraction of sp³-hybridized carbons (Fsp3) is 0.240. The molecule has 0 spiro atoms. The summed E-state index contributed by atoms with van der Waals surface area (Å²) in [5.41, 5.74) is 4.26. The van der Waals surface area contributed by atoms with Gasteiger partial charge < -0.3 is 19.3 Å². The number of ether oxygens (including phenoxy) is 2. The van der Waals surface area contributed by atoms with Crippen molar-refractivity contribution in [2.24, 2.45) is 0 Å². The molecule has 10 nitrogen and oxygen atoms in total. The van der Waals surface area contributed by atoms with Gasteiger partial charge in [-0.3, -0.25) is 4.79 Å². The standard InChI is InChI=1S/C25H23N7O3/c1-17-2-6-19(7-3-17)32-25-23(28-29-32)24(26-15-27-25)31-12-10-30(11-13-31)22(33)9-5-18-4-8-20-21(14-18)35-16-34-20/h2-9,14-15H,10-13,16H2,1H3. The zero-order chi connectivity index (χ0) is 23.8. The molecule has 0 atom stereocenters. The molecule has 10 heteroatoms. The summed E-state index contributed by atoms with van der Waals surface area (Å²) in [6, 6.07) is 13.7. The number of carbonyl (C=O) groups excluding carboxylic acids is 1. The number of carbonyl (C=O) groups is 1. The molecule has 1 amide bonds. The highest BCUT2D eigenvalue weighted by atomic mass is 16.7. The molecule has 0 radical (unpaired) electrons. The van der Waals surface area contributed by atoms with E-state index in [4.69, 9.17) is 9.47 Å². The van der Waals surface area contributed by atoms with Crippen molar-refractivity contribution in [3.8, 4) is 17.2 Å². The van der Waals surface area contributed by atoms with E-state index in [2.05, 4.69) is 25.2 Å². The molecule has 1 fully saturated rings. The molecule has 4 heterocycles. The fourth-order valence-corrected chi connectivity index (χ4v) is 4.26. The predicted octanol–water partition coefficient (Wildman–Crippen LogP) is 2.61. The molecule has 2 aliphatic rings. The molecule has 0 unspecified atom stereocenters. The number of benzene rings is 2. The normalized spacial score (nSPS) is 15.3. The lowest BCUT2D eigenvalue weighted by Crippen LogP contribution is -2.48. The molecular formula is C25H23N7O3. The Morgan fingerprint density at radius 2 is 1.77 bits per heavy atom. The van der Waals surface area contributed by atoms with Crippen LogP contribution < -0.4 is 14.4 Å². The van der Waals surface area contributed by atoms with Gasteiger partial charge >= 0.3 is 0 Å². The Morgan fingerprint density at radius 3 is 2.60 bits per heavy atom. The van der Waals surface area contributed by atoms with Gasteiger partial charge in [-0.1, -0.05) is 29.0 Å². The highest BCUT2D eigenvalue weighted by molar-refractivity contribution is 5.92. The van der Waals surface area contributed by atoms with Crippen molar-refractivity contribution < 1.29 is 14.3 Å². The third-order valence-corrected chi connectivity index (χ3v) is 6.20. The van der Waals surface area contributed by atoms with Gasteiger partial charge in [0.25, 0.3) is 0 Å². The lowest BCUT2D eigenvalue weighted by Gasteiger charge is -2.34. The van der Waals surface area contributed by atoms with Crippen molar-refractivity contribution in [2.75, 3.05) is 37.9 Å². The van der Waals surface area contributed by atoms with Crippen molar-refractivity contribution in [1.29, 1.82) is 0 Å². The van der Waals surface area contributed by atoms with Crippen molar-refractivity contribution in [1.82, 2.24) is 29.9 Å². The molecule has 1 saturated heterocycles. The number of hydrogen-bond donors (Lipinski definition) is 0. The summed E-state index contributed by atoms with van der Waals surface area (Å²) < 4.78 is 12.5. The van der Waals surface area contributed by atoms with Crippen LogP contribution in [0.4, 0.5) is 5.82 Å². The number of aromatic nitrogens is 5. The third kappa shape index (κ3) is 4.03. The number of amides is 1. The van der Waals surface area contributed by atoms with Gasteiger partial charge in [-0.25, -0.2) is 9.97 Å². The Labute approximate surface area is 201 Å². The smallest absolute Gasteiger partial charge is 0.246 e. The first-order chi connectivity index (χ1) is 17.2. The highest BCUT2D eigenvalue weighted by Gasteiger charge is 2.24. The molecule has 176 valence electrons. The minimum absolute atomic E-state index is 0.0273. The topological polar surface area (TPSA) is 98.5 Å². The molecular weight excluding hydrogens is 446 g/mol. The molecule has 0 aliphatic carbocycles. The number of piperazine rings is 1. The summed E-state index contributed by atoms with van der Waals surface area (Å²) in [6.45, 7) is 4.73. The Morgan fingerprint density at radius 1 is 0.971 bits per heavy atom. The van der Waals surface area contributed by atoms with Gasteiger partial charge in [-0.05, 0) is 42.8 Å². The summed E-state index contributed by atoms with van der Waals surface area (Å²) in [7, 11) is 0. The maximum atomic E-state index is 12.8. The van der Waals surface area contributed by atoms with E-state index >= 15 is 0 Å². The zero-order valence-electron chi connectivity index (χ0n) is 19.2. The molecule has 2 aromatic carbocycles. The molecule has 2 aromatic heterocycles. The van der Waals surface area contributed by atoms with Crippen LogP contribution in [0.5, 0.6) is 11.5 Å². The molecule has 0 bridgehead atoms. The molecule has 6 rings (SSSR count). The number of hydrogen-bond acceptors (Lipinski definition) is 8. The second-order valence-electron chi connectivity index (χ2n) is 8.46. The average Bonchev–Trinajstić information content (AvgIpc) is 3.55. The summed E-state index contributed by atoms with van der Waals surface area (Å²) in [6.07, 6.45) is 4.94. The quantitative estimate of drug-likeness (QED) is 0.421. The molecule has 2 aliphatic heterocycles. The number of nitrogens with zero attached hydrogens (tertiary/aromatic N) is 7. The van der Waals surface area contributed by atoms with Gasteiger partial charge in [0.1, 0.15) is 6.33 Å². The third-order valence-electron chi connectivity index (χ3n) is 6.20. The second-order valence-corrected chi connectivity index (χ2v) is 8.46. The number of anilines is 1. The van der Waals surface area contributed by atoms with Crippen LogP contribution in [0.2, 0.25) is 0 Å². The van der Waals surface area contributed by atoms with Crippen LogP contribution in [-0.2, 0) is 4.79 Å². The van der Waals surface area contributed by atoms with Crippen LogP contribution in [0.15, 0.2) is 54.9 Å². The van der Waals surface area contributed by atoms with E-state index in [9.17, 15) is 4.79 Å². The molecule has 0 N–H and O–H groups in total. The van der Waals surface area contributed by atoms with E-state index in [1.807, 2.05) is 54.3 Å². The summed E-state index contributed by atoms with van der Waals surface area (Å²) in [4.78, 5) is 25.6. The molecule has 0 saturated carbocycles. The first-order valence-electron chi connectivity index (χ1n) is 11.4. The molecule has 4 aromatic rings. The van der Waals surface area contributed by atoms with Gasteiger partial charge in [0, 0.05) is 32.3 Å². The lowest BCUT2D eigenvalue weighted by atomic mass is 10.2. The van der Waals surface area contributed by atoms with Crippen LogP contribution in [0.1, 0.15) is 11.1 Å². The first kappa shape index (κ1) is 21.1. The van der Waals surface area contributed by atoms with Gasteiger partial charge in [0.2, 0.25) is 12.7 Å². The molecule has 35 heavy (non-hydrogen) atoms. The van der Waals surface area contributed by atoms with Gasteiger partial charge in [-0.2, -0.15) is 4.68 Å². The van der Waals surface area contributed by atoms with Crippen LogP contribution >= 0.6 is 0 Å². The first-order valence-corrected chi connectivity index (χ1v) is 11.4. The van der Waals surface area contributed by atoms with E-state index in [1.165, 1.54) is 11.9 Å². The Balaban J connectivity index is 1.14. The van der Waals surface area contributed by atoms with Crippen LogP contribution in [-0.4, -0.2) is 68.7 Å². The van der Waals surface area contributed by atoms with Crippen molar-refractivity contribution in [3.63, 3.8) is 0 Å². The van der Waals surface area contributed by atoms with E-state index in [-0.39, 0.29) is 12.7 Å². The van der Waals surface area contributed by atoms with E-state index in [0.717, 1.165) is 22.8 Å². The van der Waals surface area contributed by atoms with E-state index < -0.39 is 0 Å². The lowest BCUT2D eigenvalue weighted by molar-refractivity contribution is -0.126. The predicted molar refractivity (Wildman–Crippen MR) is 130 cm³/mol. The Hall–Kier alpha value is -4.47. The van der Waals surface area contributed by atoms with Crippen LogP contribution in [0.3, 0.4) is 0 Å². The summed E-state index contributed by atoms with van der Waals surface area (Å²) in [5.74, 6) is 2.13. The second kappa shape index (κ2) is 8.71. The highest BCUT2D eigenvalue weighted by Crippen LogP contribution is 2.32. The van der Waals surface area contributed by atoms with Crippen molar-refractivity contribution >= 4 is 29.0 Å². The average molecular weight is 470 g/mol. The summed E-state index contributed by atoms with van der Waals surface area (Å²) in [5, 5.41) is 8.69.